The van der Waals surface area contributed by atoms with Crippen molar-refractivity contribution in [1.82, 2.24) is 25.4 Å². The molecule has 3 aromatic rings. The fraction of sp³-hybridized carbons (Fsp3) is 0.375. The third-order valence-corrected chi connectivity index (χ3v) is 5.41. The summed E-state index contributed by atoms with van der Waals surface area (Å²) in [4.78, 5) is 19.1. The molecule has 32 heavy (non-hydrogen) atoms. The molecule has 1 atom stereocenters. The van der Waals surface area contributed by atoms with Gasteiger partial charge in [0.05, 0.1) is 7.11 Å². The van der Waals surface area contributed by atoms with Crippen molar-refractivity contribution in [1.29, 1.82) is 0 Å². The van der Waals surface area contributed by atoms with Crippen LogP contribution in [0, 0.1) is 0 Å². The van der Waals surface area contributed by atoms with Gasteiger partial charge in [0.1, 0.15) is 23.4 Å². The number of H-pyrrole nitrogens is 1. The molecule has 8 heteroatoms. The lowest BCUT2D eigenvalue weighted by Crippen LogP contribution is -2.35. The summed E-state index contributed by atoms with van der Waals surface area (Å²) in [6, 6.07) is 15.7. The van der Waals surface area contributed by atoms with Crippen molar-refractivity contribution < 1.29 is 14.3 Å². The summed E-state index contributed by atoms with van der Waals surface area (Å²) in [5, 5.41) is 10.2. The molecule has 168 valence electrons. The molecule has 2 heterocycles. The van der Waals surface area contributed by atoms with Crippen LogP contribution in [0.3, 0.4) is 0 Å². The van der Waals surface area contributed by atoms with Crippen LogP contribution in [0.5, 0.6) is 11.5 Å². The SMILES string of the molecule is COc1ccc2c(c1)O[C@H](C)CN(CCC(=O)NCCc1nc(-c3ccccc3)n[nH]1)C2. The standard InChI is InChI=1S/C24H29N5O3/c1-17-15-29(16-19-8-9-20(31-2)14-21(19)32-17)13-11-23(30)25-12-10-22-26-24(28-27-22)18-6-4-3-5-7-18/h3-9,14,17H,10-13,15-16H2,1-2H3,(H,25,30)(H,26,27,28)/t17-/m1/s1. The maximum absolute atomic E-state index is 12.4. The highest BCUT2D eigenvalue weighted by Crippen LogP contribution is 2.29. The van der Waals surface area contributed by atoms with Gasteiger partial charge in [-0.25, -0.2) is 4.98 Å². The van der Waals surface area contributed by atoms with E-state index in [1.807, 2.05) is 55.5 Å². The Morgan fingerprint density at radius 3 is 2.94 bits per heavy atom. The molecule has 0 aliphatic carbocycles. The van der Waals surface area contributed by atoms with Crippen LogP contribution in [0.25, 0.3) is 11.4 Å². The fourth-order valence-electron chi connectivity index (χ4n) is 3.79. The summed E-state index contributed by atoms with van der Waals surface area (Å²) in [5.74, 6) is 3.09. The number of hydrogen-bond donors (Lipinski definition) is 2. The van der Waals surface area contributed by atoms with Gasteiger partial charge in [0.25, 0.3) is 0 Å². The molecule has 0 saturated heterocycles. The van der Waals surface area contributed by atoms with Crippen molar-refractivity contribution in [3.05, 3.63) is 59.9 Å². The Labute approximate surface area is 188 Å². The number of carbonyl (C=O) groups is 1. The predicted octanol–water partition coefficient (Wildman–Crippen LogP) is 2.81. The number of methoxy groups -OCH3 is 1. The first-order chi connectivity index (χ1) is 15.6. The Balaban J connectivity index is 1.23. The van der Waals surface area contributed by atoms with Crippen molar-refractivity contribution in [3.8, 4) is 22.9 Å². The van der Waals surface area contributed by atoms with E-state index in [1.165, 1.54) is 0 Å². The number of rotatable bonds is 8. The first kappa shape index (κ1) is 21.8. The van der Waals surface area contributed by atoms with Crippen molar-refractivity contribution in [2.75, 3.05) is 26.7 Å². The molecule has 1 aliphatic rings. The zero-order chi connectivity index (χ0) is 22.3. The quantitative estimate of drug-likeness (QED) is 0.565. The summed E-state index contributed by atoms with van der Waals surface area (Å²) >= 11 is 0. The van der Waals surface area contributed by atoms with Gasteiger partial charge in [-0.15, -0.1) is 0 Å². The van der Waals surface area contributed by atoms with E-state index in [9.17, 15) is 4.79 Å². The highest BCUT2D eigenvalue weighted by molar-refractivity contribution is 5.76. The highest BCUT2D eigenvalue weighted by Gasteiger charge is 2.21. The van der Waals surface area contributed by atoms with Gasteiger partial charge in [0, 0.05) is 56.2 Å². The second-order valence-electron chi connectivity index (χ2n) is 7.96. The summed E-state index contributed by atoms with van der Waals surface area (Å²) in [5.41, 5.74) is 2.07. The van der Waals surface area contributed by atoms with Crippen LogP contribution < -0.4 is 14.8 Å². The van der Waals surface area contributed by atoms with Gasteiger partial charge in [-0.2, -0.15) is 5.10 Å². The van der Waals surface area contributed by atoms with E-state index in [4.69, 9.17) is 9.47 Å². The number of amides is 1. The van der Waals surface area contributed by atoms with Crippen LogP contribution in [-0.2, 0) is 17.8 Å². The molecule has 2 N–H and O–H groups in total. The number of nitrogens with zero attached hydrogens (tertiary/aromatic N) is 3. The average Bonchev–Trinajstić information content (AvgIpc) is 3.21. The van der Waals surface area contributed by atoms with Crippen molar-refractivity contribution in [2.45, 2.75) is 32.4 Å². The predicted molar refractivity (Wildman–Crippen MR) is 122 cm³/mol. The molecular formula is C24H29N5O3. The van der Waals surface area contributed by atoms with Crippen molar-refractivity contribution in [3.63, 3.8) is 0 Å². The summed E-state index contributed by atoms with van der Waals surface area (Å²) < 4.78 is 11.3. The normalized spacial score (nSPS) is 16.0. The molecule has 1 aromatic heterocycles. The second-order valence-corrected chi connectivity index (χ2v) is 7.96. The molecule has 0 fully saturated rings. The first-order valence-electron chi connectivity index (χ1n) is 10.9. The van der Waals surface area contributed by atoms with Crippen molar-refractivity contribution >= 4 is 5.91 Å². The van der Waals surface area contributed by atoms with E-state index in [0.29, 0.717) is 31.8 Å². The lowest BCUT2D eigenvalue weighted by atomic mass is 10.1. The molecule has 1 amide bonds. The van der Waals surface area contributed by atoms with Crippen LogP contribution >= 0.6 is 0 Å². The maximum Gasteiger partial charge on any atom is 0.221 e. The topological polar surface area (TPSA) is 92.4 Å². The number of carbonyl (C=O) groups excluding carboxylic acids is 1. The Bertz CT molecular complexity index is 1040. The van der Waals surface area contributed by atoms with E-state index < -0.39 is 0 Å². The Kier molecular flexibility index (Phi) is 7.01. The number of nitrogens with one attached hydrogen (secondary N) is 2. The van der Waals surface area contributed by atoms with E-state index in [0.717, 1.165) is 41.5 Å². The highest BCUT2D eigenvalue weighted by atomic mass is 16.5. The minimum Gasteiger partial charge on any atom is -0.497 e. The number of fused-ring (bicyclic) bond motifs is 1. The van der Waals surface area contributed by atoms with Crippen LogP contribution in [-0.4, -0.2) is 58.8 Å². The smallest absolute Gasteiger partial charge is 0.221 e. The molecule has 0 saturated carbocycles. The number of benzene rings is 2. The molecule has 0 radical (unpaired) electrons. The van der Waals surface area contributed by atoms with Gasteiger partial charge in [0.15, 0.2) is 5.82 Å². The van der Waals surface area contributed by atoms with Gasteiger partial charge >= 0.3 is 0 Å². The molecule has 1 aliphatic heterocycles. The van der Waals surface area contributed by atoms with E-state index in [-0.39, 0.29) is 12.0 Å². The van der Waals surface area contributed by atoms with Crippen LogP contribution in [0.15, 0.2) is 48.5 Å². The lowest BCUT2D eigenvalue weighted by Gasteiger charge is -2.21. The van der Waals surface area contributed by atoms with Gasteiger partial charge in [-0.05, 0) is 13.0 Å². The summed E-state index contributed by atoms with van der Waals surface area (Å²) in [7, 11) is 1.65. The van der Waals surface area contributed by atoms with Gasteiger partial charge in [-0.1, -0.05) is 36.4 Å². The van der Waals surface area contributed by atoms with E-state index >= 15 is 0 Å². The number of aromatic nitrogens is 3. The first-order valence-corrected chi connectivity index (χ1v) is 10.9. The third-order valence-electron chi connectivity index (χ3n) is 5.41. The molecule has 0 bridgehead atoms. The molecular weight excluding hydrogens is 406 g/mol. The third kappa shape index (κ3) is 5.64. The fourth-order valence-corrected chi connectivity index (χ4v) is 3.79. The monoisotopic (exact) mass is 435 g/mol. The van der Waals surface area contributed by atoms with Gasteiger partial charge < -0.3 is 14.8 Å². The Hall–Kier alpha value is -3.39. The number of hydrogen-bond acceptors (Lipinski definition) is 6. The number of ether oxygens (including phenoxy) is 2. The molecule has 0 unspecified atom stereocenters. The number of aromatic amines is 1. The zero-order valence-corrected chi connectivity index (χ0v) is 18.5. The van der Waals surface area contributed by atoms with E-state index in [2.05, 4.69) is 25.4 Å². The zero-order valence-electron chi connectivity index (χ0n) is 18.5. The molecule has 2 aromatic carbocycles. The summed E-state index contributed by atoms with van der Waals surface area (Å²) in [6.45, 7) is 4.75. The molecule has 4 rings (SSSR count). The van der Waals surface area contributed by atoms with Crippen molar-refractivity contribution in [2.24, 2.45) is 0 Å². The minimum atomic E-state index is 0.0283. The van der Waals surface area contributed by atoms with Gasteiger partial charge in [0.2, 0.25) is 5.91 Å². The Morgan fingerprint density at radius 2 is 2.12 bits per heavy atom. The van der Waals surface area contributed by atoms with Crippen LogP contribution in [0.4, 0.5) is 0 Å². The van der Waals surface area contributed by atoms with E-state index in [1.54, 1.807) is 7.11 Å². The van der Waals surface area contributed by atoms with Crippen LogP contribution in [0.2, 0.25) is 0 Å². The Morgan fingerprint density at radius 1 is 1.28 bits per heavy atom. The van der Waals surface area contributed by atoms with Gasteiger partial charge in [-0.3, -0.25) is 14.8 Å². The maximum atomic E-state index is 12.4. The average molecular weight is 436 g/mol. The second kappa shape index (κ2) is 10.3. The largest absolute Gasteiger partial charge is 0.497 e. The van der Waals surface area contributed by atoms with Crippen LogP contribution in [0.1, 0.15) is 24.7 Å². The molecule has 8 nitrogen and oxygen atoms in total. The molecule has 0 spiro atoms. The minimum absolute atomic E-state index is 0.0283. The lowest BCUT2D eigenvalue weighted by molar-refractivity contribution is -0.121. The summed E-state index contributed by atoms with van der Waals surface area (Å²) in [6.07, 6.45) is 1.08.